The summed E-state index contributed by atoms with van der Waals surface area (Å²) in [5, 5.41) is 0. The van der Waals surface area contributed by atoms with Gasteiger partial charge in [0.1, 0.15) is 6.61 Å². The van der Waals surface area contributed by atoms with Crippen LogP contribution in [-0.4, -0.2) is 7.11 Å². The second kappa shape index (κ2) is 7.66. The van der Waals surface area contributed by atoms with Crippen LogP contribution in [0.3, 0.4) is 0 Å². The molecule has 0 amide bonds. The van der Waals surface area contributed by atoms with Gasteiger partial charge >= 0.3 is 0 Å². The van der Waals surface area contributed by atoms with E-state index in [1.807, 2.05) is 55.5 Å². The van der Waals surface area contributed by atoms with Crippen molar-refractivity contribution in [2.75, 3.05) is 7.11 Å². The Balaban J connectivity index is 2.10. The number of nitrogens with two attached hydrogens (primary N) is 1. The molecule has 0 bridgehead atoms. The van der Waals surface area contributed by atoms with Crippen molar-refractivity contribution in [3.05, 3.63) is 71.8 Å². The summed E-state index contributed by atoms with van der Waals surface area (Å²) in [7, 11) is 1.64. The maximum atomic E-state index is 6.18. The normalized spacial score (nSPS) is 11.8. The fourth-order valence-corrected chi connectivity index (χ4v) is 2.26. The standard InChI is InChI=1S/C19H23NO2/c1-14(2)11-17(20)16-9-10-18(19(12-16)21-3)22-13-15-7-5-4-6-8-15/h4-10,12,17H,1,11,13,20H2,2-3H3/t17-/m0/s1. The second-order valence-electron chi connectivity index (χ2n) is 5.45. The fraction of sp³-hybridized carbons (Fsp3) is 0.263. The monoisotopic (exact) mass is 297 g/mol. The first kappa shape index (κ1) is 16.1. The maximum absolute atomic E-state index is 6.18. The molecule has 0 spiro atoms. The Bertz CT molecular complexity index is 623. The van der Waals surface area contributed by atoms with Crippen molar-refractivity contribution in [2.45, 2.75) is 26.0 Å². The Morgan fingerprint density at radius 1 is 1.14 bits per heavy atom. The van der Waals surface area contributed by atoms with Gasteiger partial charge in [0.05, 0.1) is 7.11 Å². The van der Waals surface area contributed by atoms with E-state index in [1.54, 1.807) is 7.11 Å². The molecule has 0 unspecified atom stereocenters. The van der Waals surface area contributed by atoms with E-state index < -0.39 is 0 Å². The van der Waals surface area contributed by atoms with Gasteiger partial charge in [-0.15, -0.1) is 6.58 Å². The molecule has 22 heavy (non-hydrogen) atoms. The average molecular weight is 297 g/mol. The van der Waals surface area contributed by atoms with Crippen LogP contribution in [0.1, 0.15) is 30.5 Å². The van der Waals surface area contributed by atoms with Crippen LogP contribution in [-0.2, 0) is 6.61 Å². The molecule has 2 aromatic carbocycles. The highest BCUT2D eigenvalue weighted by Crippen LogP contribution is 2.31. The number of methoxy groups -OCH3 is 1. The maximum Gasteiger partial charge on any atom is 0.161 e. The van der Waals surface area contributed by atoms with Gasteiger partial charge in [-0.05, 0) is 36.6 Å². The summed E-state index contributed by atoms with van der Waals surface area (Å²) in [6.45, 7) is 6.40. The molecule has 2 rings (SSSR count). The molecule has 0 radical (unpaired) electrons. The minimum absolute atomic E-state index is 0.0745. The Kier molecular flexibility index (Phi) is 5.61. The summed E-state index contributed by atoms with van der Waals surface area (Å²) >= 11 is 0. The van der Waals surface area contributed by atoms with E-state index in [1.165, 1.54) is 0 Å². The van der Waals surface area contributed by atoms with E-state index in [0.29, 0.717) is 12.4 Å². The predicted molar refractivity (Wildman–Crippen MR) is 90.1 cm³/mol. The number of ether oxygens (including phenoxy) is 2. The Hall–Kier alpha value is -2.26. The van der Waals surface area contributed by atoms with Gasteiger partial charge < -0.3 is 15.2 Å². The summed E-state index contributed by atoms with van der Waals surface area (Å²) < 4.78 is 11.3. The van der Waals surface area contributed by atoms with Crippen LogP contribution in [0.25, 0.3) is 0 Å². The minimum atomic E-state index is -0.0745. The van der Waals surface area contributed by atoms with Gasteiger partial charge in [-0.2, -0.15) is 0 Å². The zero-order valence-corrected chi connectivity index (χ0v) is 13.2. The Labute approximate surface area is 132 Å². The Morgan fingerprint density at radius 2 is 1.86 bits per heavy atom. The first-order valence-corrected chi connectivity index (χ1v) is 7.34. The lowest BCUT2D eigenvalue weighted by atomic mass is 10.0. The molecule has 116 valence electrons. The second-order valence-corrected chi connectivity index (χ2v) is 5.45. The van der Waals surface area contributed by atoms with Crippen molar-refractivity contribution < 1.29 is 9.47 Å². The van der Waals surface area contributed by atoms with Gasteiger partial charge in [-0.25, -0.2) is 0 Å². The average Bonchev–Trinajstić information content (AvgIpc) is 2.53. The summed E-state index contributed by atoms with van der Waals surface area (Å²) in [5.74, 6) is 1.42. The van der Waals surface area contributed by atoms with Gasteiger partial charge in [-0.1, -0.05) is 42.0 Å². The predicted octanol–water partition coefficient (Wildman–Crippen LogP) is 4.24. The number of hydrogen-bond donors (Lipinski definition) is 1. The topological polar surface area (TPSA) is 44.5 Å². The highest BCUT2D eigenvalue weighted by molar-refractivity contribution is 5.44. The van der Waals surface area contributed by atoms with Gasteiger partial charge in [0.15, 0.2) is 11.5 Å². The Morgan fingerprint density at radius 3 is 2.50 bits per heavy atom. The molecule has 1 atom stereocenters. The van der Waals surface area contributed by atoms with Crippen LogP contribution in [0.15, 0.2) is 60.7 Å². The number of rotatable bonds is 7. The number of benzene rings is 2. The van der Waals surface area contributed by atoms with Gasteiger partial charge in [0.2, 0.25) is 0 Å². The first-order chi connectivity index (χ1) is 10.6. The van der Waals surface area contributed by atoms with Crippen molar-refractivity contribution >= 4 is 0 Å². The SMILES string of the molecule is C=C(C)C[C@H](N)c1ccc(OCc2ccccc2)c(OC)c1. The molecule has 0 aliphatic carbocycles. The first-order valence-electron chi connectivity index (χ1n) is 7.34. The van der Waals surface area contributed by atoms with E-state index in [-0.39, 0.29) is 6.04 Å². The van der Waals surface area contributed by atoms with E-state index in [4.69, 9.17) is 15.2 Å². The van der Waals surface area contributed by atoms with E-state index in [9.17, 15) is 0 Å². The van der Waals surface area contributed by atoms with Crippen molar-refractivity contribution in [1.82, 2.24) is 0 Å². The molecule has 2 N–H and O–H groups in total. The molecule has 0 aromatic heterocycles. The van der Waals surface area contributed by atoms with Crippen molar-refractivity contribution in [1.29, 1.82) is 0 Å². The lowest BCUT2D eigenvalue weighted by molar-refractivity contribution is 0.284. The van der Waals surface area contributed by atoms with Crippen LogP contribution in [0.5, 0.6) is 11.5 Å². The summed E-state index contributed by atoms with van der Waals surface area (Å²) in [6, 6.07) is 15.8. The molecule has 0 heterocycles. The van der Waals surface area contributed by atoms with Crippen LogP contribution >= 0.6 is 0 Å². The van der Waals surface area contributed by atoms with Crippen LogP contribution in [0, 0.1) is 0 Å². The lowest BCUT2D eigenvalue weighted by Gasteiger charge is -2.16. The van der Waals surface area contributed by atoms with Crippen LogP contribution < -0.4 is 15.2 Å². The molecule has 3 nitrogen and oxygen atoms in total. The molecule has 3 heteroatoms. The highest BCUT2D eigenvalue weighted by atomic mass is 16.5. The largest absolute Gasteiger partial charge is 0.493 e. The zero-order valence-electron chi connectivity index (χ0n) is 13.2. The third-order valence-corrected chi connectivity index (χ3v) is 3.42. The van der Waals surface area contributed by atoms with Gasteiger partial charge in [0.25, 0.3) is 0 Å². The van der Waals surface area contributed by atoms with Gasteiger partial charge in [0, 0.05) is 6.04 Å². The highest BCUT2D eigenvalue weighted by Gasteiger charge is 2.11. The molecular weight excluding hydrogens is 274 g/mol. The quantitative estimate of drug-likeness (QED) is 0.777. The summed E-state index contributed by atoms with van der Waals surface area (Å²) in [6.07, 6.45) is 0.757. The molecule has 0 aliphatic heterocycles. The fourth-order valence-electron chi connectivity index (χ4n) is 2.26. The summed E-state index contributed by atoms with van der Waals surface area (Å²) in [5.41, 5.74) is 9.38. The van der Waals surface area contributed by atoms with Gasteiger partial charge in [-0.3, -0.25) is 0 Å². The molecule has 0 saturated heterocycles. The molecule has 0 saturated carbocycles. The van der Waals surface area contributed by atoms with E-state index in [2.05, 4.69) is 6.58 Å². The zero-order chi connectivity index (χ0) is 15.9. The van der Waals surface area contributed by atoms with E-state index in [0.717, 1.165) is 28.9 Å². The third-order valence-electron chi connectivity index (χ3n) is 3.42. The molecule has 0 fully saturated rings. The molecular formula is C19H23NO2. The van der Waals surface area contributed by atoms with E-state index >= 15 is 0 Å². The third kappa shape index (κ3) is 4.37. The smallest absolute Gasteiger partial charge is 0.161 e. The van der Waals surface area contributed by atoms with Crippen molar-refractivity contribution in [2.24, 2.45) is 5.73 Å². The number of hydrogen-bond acceptors (Lipinski definition) is 3. The summed E-state index contributed by atoms with van der Waals surface area (Å²) in [4.78, 5) is 0. The van der Waals surface area contributed by atoms with Crippen LogP contribution in [0.2, 0.25) is 0 Å². The lowest BCUT2D eigenvalue weighted by Crippen LogP contribution is -2.10. The minimum Gasteiger partial charge on any atom is -0.493 e. The van der Waals surface area contributed by atoms with Crippen molar-refractivity contribution in [3.8, 4) is 11.5 Å². The van der Waals surface area contributed by atoms with Crippen LogP contribution in [0.4, 0.5) is 0 Å². The molecule has 2 aromatic rings. The molecule has 0 aliphatic rings. The van der Waals surface area contributed by atoms with Crippen molar-refractivity contribution in [3.63, 3.8) is 0 Å².